The van der Waals surface area contributed by atoms with Gasteiger partial charge >= 0.3 is 0 Å². The fourth-order valence-corrected chi connectivity index (χ4v) is 5.76. The number of benzene rings is 1. The summed E-state index contributed by atoms with van der Waals surface area (Å²) in [5.74, 6) is -1.47. The van der Waals surface area contributed by atoms with Crippen molar-refractivity contribution in [2.45, 2.75) is 84.2 Å². The van der Waals surface area contributed by atoms with Gasteiger partial charge in [-0.15, -0.1) is 0 Å². The smallest absolute Gasteiger partial charge is 0.221 e. The van der Waals surface area contributed by atoms with Gasteiger partial charge in [-0.1, -0.05) is 24.6 Å². The molecule has 0 bridgehead atoms. The van der Waals surface area contributed by atoms with E-state index in [1.54, 1.807) is 6.07 Å². The first-order chi connectivity index (χ1) is 12.1. The Hall–Kier alpha value is -0.216. The molecule has 0 radical (unpaired) electrons. The minimum absolute atomic E-state index is 0.103. The molecule has 1 heterocycles. The van der Waals surface area contributed by atoms with Gasteiger partial charge in [-0.05, 0) is 70.8 Å². The molecule has 1 saturated heterocycles. The molecule has 1 fully saturated rings. The monoisotopic (exact) mass is 430 g/mol. The number of halogens is 1. The average molecular weight is 431 g/mol. The molecule has 5 atom stereocenters. The van der Waals surface area contributed by atoms with E-state index in [-0.39, 0.29) is 18.1 Å². The molecule has 27 heavy (non-hydrogen) atoms. The van der Waals surface area contributed by atoms with Crippen LogP contribution in [-0.2, 0) is 19.4 Å². The van der Waals surface area contributed by atoms with Crippen LogP contribution in [0.4, 0.5) is 0 Å². The van der Waals surface area contributed by atoms with Crippen molar-refractivity contribution >= 4 is 28.2 Å². The molecule has 1 aromatic carbocycles. The molecular formula is C20H35ClO4Si2. The minimum atomic E-state index is -1.99. The van der Waals surface area contributed by atoms with Gasteiger partial charge in [-0.3, -0.25) is 0 Å². The number of ether oxygens (including phenoxy) is 1. The van der Waals surface area contributed by atoms with Crippen molar-refractivity contribution in [1.82, 2.24) is 0 Å². The van der Waals surface area contributed by atoms with E-state index in [1.807, 2.05) is 26.0 Å². The molecule has 1 aliphatic rings. The maximum absolute atomic E-state index is 11.8. The molecule has 0 amide bonds. The van der Waals surface area contributed by atoms with Crippen molar-refractivity contribution < 1.29 is 18.7 Å². The molecule has 1 unspecified atom stereocenters. The predicted octanol–water partition coefficient (Wildman–Crippen LogP) is 5.29. The van der Waals surface area contributed by atoms with Crippen LogP contribution in [0.1, 0.15) is 25.0 Å². The lowest BCUT2D eigenvalue weighted by molar-refractivity contribution is -0.335. The zero-order valence-electron chi connectivity index (χ0n) is 18.1. The second-order valence-corrected chi connectivity index (χ2v) is 19.0. The van der Waals surface area contributed by atoms with Crippen molar-refractivity contribution in [2.75, 3.05) is 0 Å². The summed E-state index contributed by atoms with van der Waals surface area (Å²) in [5.41, 5.74) is 1.56. The third-order valence-corrected chi connectivity index (χ3v) is 7.21. The third kappa shape index (κ3) is 5.44. The molecule has 0 saturated carbocycles. The van der Waals surface area contributed by atoms with Crippen LogP contribution in [0.15, 0.2) is 18.2 Å². The predicted molar refractivity (Wildman–Crippen MR) is 116 cm³/mol. The van der Waals surface area contributed by atoms with Crippen LogP contribution in [0.3, 0.4) is 0 Å². The summed E-state index contributed by atoms with van der Waals surface area (Å²) >= 11 is 6.21. The van der Waals surface area contributed by atoms with Crippen LogP contribution < -0.4 is 0 Å². The number of hydrogen-bond acceptors (Lipinski definition) is 4. The SMILES string of the molecule is Cc1cc(C2(O)O[C@H](C)[C@@H](C)[C@H](O[Si](C)(C)C)[C@H]2O[Si](C)(C)C)ccc1Cl. The molecule has 1 aliphatic heterocycles. The Labute approximate surface area is 171 Å². The van der Waals surface area contributed by atoms with Crippen LogP contribution >= 0.6 is 11.6 Å². The molecule has 154 valence electrons. The topological polar surface area (TPSA) is 47.9 Å². The summed E-state index contributed by atoms with van der Waals surface area (Å²) in [6, 6.07) is 5.51. The van der Waals surface area contributed by atoms with Gasteiger partial charge in [0.2, 0.25) is 5.79 Å². The molecule has 0 aliphatic carbocycles. The van der Waals surface area contributed by atoms with Gasteiger partial charge in [0.1, 0.15) is 6.10 Å². The molecule has 2 rings (SSSR count). The number of aryl methyl sites for hydroxylation is 1. The maximum Gasteiger partial charge on any atom is 0.221 e. The molecule has 0 aromatic heterocycles. The highest BCUT2D eigenvalue weighted by Crippen LogP contribution is 2.44. The lowest BCUT2D eigenvalue weighted by atomic mass is 9.84. The van der Waals surface area contributed by atoms with Gasteiger partial charge in [-0.2, -0.15) is 0 Å². The Morgan fingerprint density at radius 2 is 1.59 bits per heavy atom. The van der Waals surface area contributed by atoms with E-state index in [1.165, 1.54) is 0 Å². The van der Waals surface area contributed by atoms with E-state index in [9.17, 15) is 5.11 Å². The van der Waals surface area contributed by atoms with Gasteiger partial charge in [0.05, 0.1) is 12.2 Å². The zero-order chi connectivity index (χ0) is 20.8. The second-order valence-electron chi connectivity index (χ2n) is 9.69. The summed E-state index contributed by atoms with van der Waals surface area (Å²) in [6.45, 7) is 18.9. The van der Waals surface area contributed by atoms with Crippen LogP contribution in [0.5, 0.6) is 0 Å². The van der Waals surface area contributed by atoms with Crippen molar-refractivity contribution in [3.8, 4) is 0 Å². The van der Waals surface area contributed by atoms with E-state index in [0.29, 0.717) is 10.6 Å². The number of aliphatic hydroxyl groups is 1. The first-order valence-corrected chi connectivity index (χ1v) is 16.9. The highest BCUT2D eigenvalue weighted by atomic mass is 35.5. The van der Waals surface area contributed by atoms with Crippen LogP contribution in [0.2, 0.25) is 44.3 Å². The number of hydrogen-bond donors (Lipinski definition) is 1. The van der Waals surface area contributed by atoms with Crippen molar-refractivity contribution in [3.63, 3.8) is 0 Å². The highest BCUT2D eigenvalue weighted by Gasteiger charge is 2.55. The zero-order valence-corrected chi connectivity index (χ0v) is 20.8. The second kappa shape index (κ2) is 7.90. The largest absolute Gasteiger partial charge is 0.412 e. The molecular weight excluding hydrogens is 396 g/mol. The van der Waals surface area contributed by atoms with E-state index in [0.717, 1.165) is 5.56 Å². The van der Waals surface area contributed by atoms with Crippen LogP contribution in [0, 0.1) is 12.8 Å². The Morgan fingerprint density at radius 3 is 2.07 bits per heavy atom. The highest BCUT2D eigenvalue weighted by molar-refractivity contribution is 6.70. The average Bonchev–Trinajstić information content (AvgIpc) is 2.49. The van der Waals surface area contributed by atoms with E-state index in [4.69, 9.17) is 25.2 Å². The Kier molecular flexibility index (Phi) is 6.75. The quantitative estimate of drug-likeness (QED) is 0.644. The molecule has 4 nitrogen and oxygen atoms in total. The third-order valence-electron chi connectivity index (χ3n) is 4.85. The van der Waals surface area contributed by atoms with E-state index >= 15 is 0 Å². The standard InChI is InChI=1S/C20H35ClO4Si2/c1-13-12-16(10-11-17(13)21)20(22)19(25-27(7,8)9)18(24-26(4,5)6)14(2)15(3)23-20/h10-12,14-15,18-19,22H,1-9H3/t14-,15-,18+,19-,20?/m1/s1. The van der Waals surface area contributed by atoms with E-state index in [2.05, 4.69) is 46.2 Å². The minimum Gasteiger partial charge on any atom is -0.412 e. The van der Waals surface area contributed by atoms with Crippen molar-refractivity contribution in [3.05, 3.63) is 34.3 Å². The Balaban J connectivity index is 2.58. The van der Waals surface area contributed by atoms with Gasteiger partial charge in [0.15, 0.2) is 16.6 Å². The van der Waals surface area contributed by atoms with Crippen LogP contribution in [-0.4, -0.2) is 40.1 Å². The fourth-order valence-electron chi connectivity index (χ4n) is 3.43. The van der Waals surface area contributed by atoms with Crippen LogP contribution in [0.25, 0.3) is 0 Å². The summed E-state index contributed by atoms with van der Waals surface area (Å²) in [5, 5.41) is 12.5. The van der Waals surface area contributed by atoms with Crippen molar-refractivity contribution in [2.24, 2.45) is 5.92 Å². The molecule has 0 spiro atoms. The first-order valence-electron chi connectivity index (χ1n) is 9.66. The molecule has 7 heteroatoms. The Morgan fingerprint density at radius 1 is 1.04 bits per heavy atom. The molecule has 1 N–H and O–H groups in total. The van der Waals surface area contributed by atoms with E-state index < -0.39 is 28.5 Å². The van der Waals surface area contributed by atoms with Gasteiger partial charge in [-0.25, -0.2) is 0 Å². The normalized spacial score (nSPS) is 32.6. The number of rotatable bonds is 5. The fraction of sp³-hybridized carbons (Fsp3) is 0.700. The lowest BCUT2D eigenvalue weighted by Gasteiger charge is -2.52. The van der Waals surface area contributed by atoms with Gasteiger partial charge < -0.3 is 18.7 Å². The van der Waals surface area contributed by atoms with Crippen molar-refractivity contribution in [1.29, 1.82) is 0 Å². The molecule has 1 aromatic rings. The summed E-state index contributed by atoms with van der Waals surface area (Å²) < 4.78 is 19.3. The maximum atomic E-state index is 11.8. The van der Waals surface area contributed by atoms with Gasteiger partial charge in [0, 0.05) is 16.5 Å². The lowest BCUT2D eigenvalue weighted by Crippen LogP contribution is -2.64. The Bertz CT molecular complexity index is 671. The summed E-state index contributed by atoms with van der Waals surface area (Å²) in [4.78, 5) is 0. The summed E-state index contributed by atoms with van der Waals surface area (Å²) in [7, 11) is -3.86. The first kappa shape index (κ1) is 23.1. The summed E-state index contributed by atoms with van der Waals surface area (Å²) in [6.07, 6.45) is -1.01. The van der Waals surface area contributed by atoms with Gasteiger partial charge in [0.25, 0.3) is 0 Å².